The molecule has 0 aliphatic heterocycles. The van der Waals surface area contributed by atoms with Crippen molar-refractivity contribution in [3.63, 3.8) is 0 Å². The lowest BCUT2D eigenvalue weighted by atomic mass is 9.60. The fraction of sp³-hybridized carbons (Fsp3) is 0.636. The molecule has 4 atom stereocenters. The Balaban J connectivity index is 1.12. The number of fused-ring (bicyclic) bond motifs is 1. The summed E-state index contributed by atoms with van der Waals surface area (Å²) in [6, 6.07) is 4.91. The van der Waals surface area contributed by atoms with Crippen LogP contribution in [0.5, 0.6) is 11.5 Å². The lowest BCUT2D eigenvalue weighted by Crippen LogP contribution is -2.35. The van der Waals surface area contributed by atoms with Crippen molar-refractivity contribution in [1.29, 1.82) is 0 Å². The molecule has 0 radical (unpaired) electrons. The van der Waals surface area contributed by atoms with E-state index in [2.05, 4.69) is 6.92 Å². The zero-order chi connectivity index (χ0) is 27.5. The highest BCUT2D eigenvalue weighted by atomic mass is 19.2. The summed E-state index contributed by atoms with van der Waals surface area (Å²) in [5.41, 5.74) is -0.717. The van der Waals surface area contributed by atoms with E-state index in [0.29, 0.717) is 12.5 Å². The van der Waals surface area contributed by atoms with Crippen molar-refractivity contribution in [2.24, 2.45) is 35.5 Å². The summed E-state index contributed by atoms with van der Waals surface area (Å²) in [5, 5.41) is 0. The molecule has 6 heteroatoms. The van der Waals surface area contributed by atoms with Crippen molar-refractivity contribution >= 4 is 0 Å². The Kier molecular flexibility index (Phi) is 9.08. The van der Waals surface area contributed by atoms with Crippen LogP contribution in [0.4, 0.5) is 17.6 Å². The van der Waals surface area contributed by atoms with Crippen LogP contribution in [0.2, 0.25) is 0 Å². The number of hydrogen-bond acceptors (Lipinski definition) is 2. The van der Waals surface area contributed by atoms with Crippen molar-refractivity contribution < 1.29 is 27.0 Å². The van der Waals surface area contributed by atoms with Gasteiger partial charge in [0.1, 0.15) is 0 Å². The number of halogens is 4. The first-order valence-corrected chi connectivity index (χ1v) is 15.0. The van der Waals surface area contributed by atoms with Crippen LogP contribution in [0.25, 0.3) is 11.1 Å². The molecule has 0 bridgehead atoms. The SMILES string of the molecule is CCCC1CCC2CC(C3CCC(COc4ccc(-c5ccc(OC)c(F)c5F)c(F)c4F)CC3)CCC2C1. The smallest absolute Gasteiger partial charge is 0.201 e. The summed E-state index contributed by atoms with van der Waals surface area (Å²) in [7, 11) is 1.21. The third-order valence-corrected chi connectivity index (χ3v) is 10.1. The topological polar surface area (TPSA) is 18.5 Å². The second kappa shape index (κ2) is 12.5. The minimum atomic E-state index is -1.28. The van der Waals surface area contributed by atoms with Crippen LogP contribution in [0.15, 0.2) is 24.3 Å². The largest absolute Gasteiger partial charge is 0.494 e. The van der Waals surface area contributed by atoms with Gasteiger partial charge < -0.3 is 9.47 Å². The van der Waals surface area contributed by atoms with Crippen LogP contribution in [-0.2, 0) is 0 Å². The van der Waals surface area contributed by atoms with Crippen molar-refractivity contribution in [2.75, 3.05) is 13.7 Å². The Morgan fingerprint density at radius 1 is 0.615 bits per heavy atom. The average Bonchev–Trinajstić information content (AvgIpc) is 2.96. The summed E-state index contributed by atoms with van der Waals surface area (Å²) in [6.07, 6.45) is 15.7. The van der Waals surface area contributed by atoms with Crippen LogP contribution in [-0.4, -0.2) is 13.7 Å². The molecule has 3 saturated carbocycles. The predicted octanol–water partition coefficient (Wildman–Crippen LogP) is 9.74. The van der Waals surface area contributed by atoms with Crippen molar-refractivity contribution in [2.45, 2.75) is 84.0 Å². The molecular formula is C33H42F4O2. The monoisotopic (exact) mass is 546 g/mol. The summed E-state index contributed by atoms with van der Waals surface area (Å²) >= 11 is 0. The Hall–Kier alpha value is -2.24. The van der Waals surface area contributed by atoms with Crippen molar-refractivity contribution in [1.82, 2.24) is 0 Å². The molecule has 4 unspecified atom stereocenters. The lowest BCUT2D eigenvalue weighted by molar-refractivity contribution is 0.0544. The fourth-order valence-electron chi connectivity index (χ4n) is 7.90. The van der Waals surface area contributed by atoms with Gasteiger partial charge >= 0.3 is 0 Å². The molecule has 214 valence electrons. The van der Waals surface area contributed by atoms with Crippen LogP contribution < -0.4 is 9.47 Å². The summed E-state index contributed by atoms with van der Waals surface area (Å²) < 4.78 is 68.7. The number of rotatable bonds is 8. The Morgan fingerprint density at radius 3 is 1.77 bits per heavy atom. The Morgan fingerprint density at radius 2 is 1.13 bits per heavy atom. The maximum Gasteiger partial charge on any atom is 0.201 e. The second-order valence-corrected chi connectivity index (χ2v) is 12.3. The molecule has 0 spiro atoms. The molecule has 3 aliphatic rings. The van der Waals surface area contributed by atoms with Gasteiger partial charge in [-0.1, -0.05) is 26.2 Å². The Labute approximate surface area is 230 Å². The van der Waals surface area contributed by atoms with E-state index < -0.39 is 23.3 Å². The lowest BCUT2D eigenvalue weighted by Gasteiger charge is -2.45. The van der Waals surface area contributed by atoms with E-state index in [1.165, 1.54) is 95.6 Å². The van der Waals surface area contributed by atoms with Gasteiger partial charge in [0.05, 0.1) is 13.7 Å². The molecular weight excluding hydrogens is 504 g/mol. The highest BCUT2D eigenvalue weighted by Crippen LogP contribution is 2.49. The van der Waals surface area contributed by atoms with E-state index in [9.17, 15) is 17.6 Å². The van der Waals surface area contributed by atoms with E-state index in [-0.39, 0.29) is 22.6 Å². The van der Waals surface area contributed by atoms with Gasteiger partial charge in [0, 0.05) is 11.1 Å². The van der Waals surface area contributed by atoms with E-state index >= 15 is 0 Å². The van der Waals surface area contributed by atoms with Gasteiger partial charge in [-0.2, -0.15) is 8.78 Å². The summed E-state index contributed by atoms with van der Waals surface area (Å²) in [4.78, 5) is 0. The summed E-state index contributed by atoms with van der Waals surface area (Å²) in [5.74, 6) is -0.641. The number of ether oxygens (including phenoxy) is 2. The number of benzene rings is 2. The van der Waals surface area contributed by atoms with Crippen LogP contribution in [0.3, 0.4) is 0 Å². The van der Waals surface area contributed by atoms with E-state index in [1.54, 1.807) is 0 Å². The van der Waals surface area contributed by atoms with Crippen molar-refractivity contribution in [3.05, 3.63) is 47.5 Å². The minimum Gasteiger partial charge on any atom is -0.494 e. The maximum atomic E-state index is 14.9. The first kappa shape index (κ1) is 28.3. The van der Waals surface area contributed by atoms with E-state index in [1.807, 2.05) is 0 Å². The standard InChI is InChI=1S/C33H42F4O2/c1-3-4-20-5-10-25-18-24(12-11-23(25)17-20)22-8-6-21(7-9-22)19-39-29-16-14-27(31(35)33(29)37)26-13-15-28(38-2)32(36)30(26)34/h13-16,20-25H,3-12,17-19H2,1-2H3. The van der Waals surface area contributed by atoms with E-state index in [0.717, 1.165) is 42.4 Å². The third kappa shape index (κ3) is 6.10. The van der Waals surface area contributed by atoms with E-state index in [4.69, 9.17) is 9.47 Å². The third-order valence-electron chi connectivity index (χ3n) is 10.1. The average molecular weight is 547 g/mol. The molecule has 0 saturated heterocycles. The first-order valence-electron chi connectivity index (χ1n) is 15.0. The second-order valence-electron chi connectivity index (χ2n) is 12.3. The number of hydrogen-bond donors (Lipinski definition) is 0. The molecule has 5 rings (SSSR count). The van der Waals surface area contributed by atoms with Gasteiger partial charge in [-0.25, -0.2) is 8.78 Å². The highest BCUT2D eigenvalue weighted by molar-refractivity contribution is 5.67. The molecule has 2 aromatic rings. The van der Waals surface area contributed by atoms with Gasteiger partial charge in [-0.05, 0) is 118 Å². The fourth-order valence-corrected chi connectivity index (χ4v) is 7.90. The molecule has 0 N–H and O–H groups in total. The van der Waals surface area contributed by atoms with Crippen molar-refractivity contribution in [3.8, 4) is 22.6 Å². The molecule has 0 amide bonds. The normalized spacial score (nSPS) is 29.1. The van der Waals surface area contributed by atoms with Gasteiger partial charge in [0.2, 0.25) is 11.6 Å². The Bertz CT molecular complexity index is 1130. The first-order chi connectivity index (χ1) is 18.9. The molecule has 39 heavy (non-hydrogen) atoms. The summed E-state index contributed by atoms with van der Waals surface area (Å²) in [6.45, 7) is 2.65. The zero-order valence-electron chi connectivity index (χ0n) is 23.3. The predicted molar refractivity (Wildman–Crippen MR) is 146 cm³/mol. The minimum absolute atomic E-state index is 0.190. The van der Waals surface area contributed by atoms with Crippen LogP contribution >= 0.6 is 0 Å². The van der Waals surface area contributed by atoms with Gasteiger partial charge in [0.15, 0.2) is 23.1 Å². The zero-order valence-corrected chi connectivity index (χ0v) is 23.3. The quantitative estimate of drug-likeness (QED) is 0.307. The van der Waals surface area contributed by atoms with Crippen LogP contribution in [0.1, 0.15) is 84.0 Å². The molecule has 2 nitrogen and oxygen atoms in total. The van der Waals surface area contributed by atoms with Gasteiger partial charge in [-0.15, -0.1) is 0 Å². The molecule has 0 aromatic heterocycles. The number of methoxy groups -OCH3 is 1. The molecule has 0 heterocycles. The highest BCUT2D eigenvalue weighted by Gasteiger charge is 2.38. The molecule has 2 aromatic carbocycles. The van der Waals surface area contributed by atoms with Crippen LogP contribution in [0, 0.1) is 58.8 Å². The maximum absolute atomic E-state index is 14.9. The molecule has 3 fully saturated rings. The van der Waals surface area contributed by atoms with Gasteiger partial charge in [0.25, 0.3) is 0 Å². The van der Waals surface area contributed by atoms with Gasteiger partial charge in [-0.3, -0.25) is 0 Å². The molecule has 3 aliphatic carbocycles.